The summed E-state index contributed by atoms with van der Waals surface area (Å²) < 4.78 is 17.0. The molecule has 1 rings (SSSR count). The molecule has 0 radical (unpaired) electrons. The number of esters is 1. The highest BCUT2D eigenvalue weighted by molar-refractivity contribution is 5.95. The number of methoxy groups -OCH3 is 1. The summed E-state index contributed by atoms with van der Waals surface area (Å²) in [7, 11) is 1.17. The summed E-state index contributed by atoms with van der Waals surface area (Å²) in [6, 6.07) is 1.79. The Morgan fingerprint density at radius 3 is 2.77 bits per heavy atom. The van der Waals surface area contributed by atoms with E-state index in [9.17, 15) is 9.18 Å². The molecule has 0 heterocycles. The monoisotopic (exact) mass is 185 g/mol. The lowest BCUT2D eigenvalue weighted by Gasteiger charge is -2.04. The van der Waals surface area contributed by atoms with Crippen molar-refractivity contribution in [3.8, 4) is 5.75 Å². The van der Waals surface area contributed by atoms with E-state index in [1.807, 2.05) is 0 Å². The van der Waals surface area contributed by atoms with Gasteiger partial charge in [0.25, 0.3) is 0 Å². The van der Waals surface area contributed by atoms with Crippen molar-refractivity contribution in [2.45, 2.75) is 0 Å². The number of hydrogen-bond donors (Lipinski definition) is 2. The SMILES string of the molecule is COC(=O)c1cc(O)c(F)cc1N. The standard InChI is InChI=1S/C8H8FNO3/c1-13-8(12)4-2-7(11)5(9)3-6(4)10/h2-3,11H,10H2,1H3. The van der Waals surface area contributed by atoms with E-state index in [2.05, 4.69) is 4.74 Å². The van der Waals surface area contributed by atoms with Gasteiger partial charge in [-0.2, -0.15) is 0 Å². The number of benzene rings is 1. The van der Waals surface area contributed by atoms with Crippen LogP contribution in [0.2, 0.25) is 0 Å². The van der Waals surface area contributed by atoms with E-state index in [4.69, 9.17) is 10.8 Å². The Hall–Kier alpha value is -1.78. The van der Waals surface area contributed by atoms with Crippen molar-refractivity contribution >= 4 is 11.7 Å². The van der Waals surface area contributed by atoms with Crippen molar-refractivity contribution in [1.29, 1.82) is 0 Å². The van der Waals surface area contributed by atoms with Crippen LogP contribution in [0, 0.1) is 5.82 Å². The second kappa shape index (κ2) is 3.30. The van der Waals surface area contributed by atoms with Gasteiger partial charge in [0.05, 0.1) is 12.7 Å². The maximum atomic E-state index is 12.6. The molecule has 0 aliphatic heterocycles. The number of rotatable bonds is 1. The van der Waals surface area contributed by atoms with Gasteiger partial charge in [0.2, 0.25) is 0 Å². The minimum atomic E-state index is -0.870. The van der Waals surface area contributed by atoms with Crippen LogP contribution >= 0.6 is 0 Å². The van der Waals surface area contributed by atoms with Gasteiger partial charge in [-0.15, -0.1) is 0 Å². The lowest BCUT2D eigenvalue weighted by Crippen LogP contribution is -2.05. The number of phenols is 1. The average Bonchev–Trinajstić information content (AvgIpc) is 2.10. The molecule has 0 aromatic heterocycles. The fourth-order valence-electron chi connectivity index (χ4n) is 0.864. The van der Waals surface area contributed by atoms with Crippen LogP contribution < -0.4 is 5.73 Å². The Balaban J connectivity index is 3.23. The van der Waals surface area contributed by atoms with Gasteiger partial charge < -0.3 is 15.6 Å². The number of carbonyl (C=O) groups excluding carboxylic acids is 1. The van der Waals surface area contributed by atoms with E-state index in [-0.39, 0.29) is 11.3 Å². The minimum absolute atomic E-state index is 0.0543. The molecule has 1 aromatic rings. The predicted octanol–water partition coefficient (Wildman–Crippen LogP) is 0.900. The summed E-state index contributed by atoms with van der Waals surface area (Å²) in [4.78, 5) is 11.0. The molecule has 3 N–H and O–H groups in total. The smallest absolute Gasteiger partial charge is 0.340 e. The molecular weight excluding hydrogens is 177 g/mol. The summed E-state index contributed by atoms with van der Waals surface area (Å²) in [5.74, 6) is -2.22. The van der Waals surface area contributed by atoms with Crippen LogP contribution in [-0.4, -0.2) is 18.2 Å². The molecule has 0 spiro atoms. The first kappa shape index (κ1) is 9.31. The largest absolute Gasteiger partial charge is 0.505 e. The highest BCUT2D eigenvalue weighted by Gasteiger charge is 2.13. The van der Waals surface area contributed by atoms with Gasteiger partial charge in [0.15, 0.2) is 11.6 Å². The summed E-state index contributed by atoms with van der Waals surface area (Å²) in [5.41, 5.74) is 5.19. The third kappa shape index (κ3) is 1.69. The number of anilines is 1. The Morgan fingerprint density at radius 1 is 1.62 bits per heavy atom. The number of carbonyl (C=O) groups is 1. The van der Waals surface area contributed by atoms with Crippen molar-refractivity contribution in [2.24, 2.45) is 0 Å². The van der Waals surface area contributed by atoms with E-state index in [1.165, 1.54) is 7.11 Å². The summed E-state index contributed by atoms with van der Waals surface area (Å²) >= 11 is 0. The van der Waals surface area contributed by atoms with Crippen molar-refractivity contribution in [3.05, 3.63) is 23.5 Å². The van der Waals surface area contributed by atoms with Gasteiger partial charge in [-0.1, -0.05) is 0 Å². The van der Waals surface area contributed by atoms with Gasteiger partial charge in [0, 0.05) is 11.8 Å². The molecule has 13 heavy (non-hydrogen) atoms. The van der Waals surface area contributed by atoms with E-state index in [0.29, 0.717) is 0 Å². The summed E-state index contributed by atoms with van der Waals surface area (Å²) in [6.07, 6.45) is 0. The van der Waals surface area contributed by atoms with E-state index in [0.717, 1.165) is 12.1 Å². The molecule has 4 nitrogen and oxygen atoms in total. The first-order valence-corrected chi connectivity index (χ1v) is 3.42. The fourth-order valence-corrected chi connectivity index (χ4v) is 0.864. The summed E-state index contributed by atoms with van der Waals surface area (Å²) in [6.45, 7) is 0. The third-order valence-corrected chi connectivity index (χ3v) is 1.52. The molecule has 0 aliphatic rings. The maximum Gasteiger partial charge on any atom is 0.340 e. The van der Waals surface area contributed by atoms with Crippen LogP contribution in [0.15, 0.2) is 12.1 Å². The average molecular weight is 185 g/mol. The number of ether oxygens (including phenoxy) is 1. The Bertz CT molecular complexity index is 351. The van der Waals surface area contributed by atoms with E-state index in [1.54, 1.807) is 0 Å². The number of nitrogens with two attached hydrogens (primary N) is 1. The topological polar surface area (TPSA) is 72.5 Å². The van der Waals surface area contributed by atoms with Crippen LogP contribution in [0.4, 0.5) is 10.1 Å². The predicted molar refractivity (Wildman–Crippen MR) is 43.8 cm³/mol. The molecule has 0 bridgehead atoms. The highest BCUT2D eigenvalue weighted by atomic mass is 19.1. The van der Waals surface area contributed by atoms with Crippen LogP contribution in [0.25, 0.3) is 0 Å². The van der Waals surface area contributed by atoms with Crippen LogP contribution in [0.3, 0.4) is 0 Å². The van der Waals surface area contributed by atoms with Gasteiger partial charge in [-0.25, -0.2) is 9.18 Å². The molecule has 0 saturated heterocycles. The van der Waals surface area contributed by atoms with Crippen LogP contribution in [0.1, 0.15) is 10.4 Å². The molecule has 70 valence electrons. The van der Waals surface area contributed by atoms with Crippen molar-refractivity contribution in [3.63, 3.8) is 0 Å². The third-order valence-electron chi connectivity index (χ3n) is 1.52. The molecule has 0 unspecified atom stereocenters. The number of nitrogen functional groups attached to an aromatic ring is 1. The zero-order valence-corrected chi connectivity index (χ0v) is 6.87. The lowest BCUT2D eigenvalue weighted by molar-refractivity contribution is 0.0601. The van der Waals surface area contributed by atoms with Crippen molar-refractivity contribution < 1.29 is 19.0 Å². The van der Waals surface area contributed by atoms with E-state index < -0.39 is 17.5 Å². The zero-order chi connectivity index (χ0) is 10.0. The number of halogens is 1. The highest BCUT2D eigenvalue weighted by Crippen LogP contribution is 2.23. The molecule has 0 aliphatic carbocycles. The minimum Gasteiger partial charge on any atom is -0.505 e. The molecule has 1 aromatic carbocycles. The normalized spacial score (nSPS) is 9.69. The number of aromatic hydroxyl groups is 1. The first-order chi connectivity index (χ1) is 6.06. The first-order valence-electron chi connectivity index (χ1n) is 3.42. The molecule has 5 heteroatoms. The van der Waals surface area contributed by atoms with E-state index >= 15 is 0 Å². The number of hydrogen-bond acceptors (Lipinski definition) is 4. The Morgan fingerprint density at radius 2 is 2.23 bits per heavy atom. The van der Waals surface area contributed by atoms with Gasteiger partial charge in [-0.3, -0.25) is 0 Å². The van der Waals surface area contributed by atoms with Crippen molar-refractivity contribution in [2.75, 3.05) is 12.8 Å². The quantitative estimate of drug-likeness (QED) is 0.387. The van der Waals surface area contributed by atoms with Crippen LogP contribution in [-0.2, 0) is 4.74 Å². The van der Waals surface area contributed by atoms with Crippen molar-refractivity contribution in [1.82, 2.24) is 0 Å². The molecular formula is C8H8FNO3. The number of phenolic OH excluding ortho intramolecular Hbond substituents is 1. The Kier molecular flexibility index (Phi) is 2.36. The second-order valence-electron chi connectivity index (χ2n) is 2.38. The zero-order valence-electron chi connectivity index (χ0n) is 6.87. The van der Waals surface area contributed by atoms with Gasteiger partial charge in [0.1, 0.15) is 0 Å². The van der Waals surface area contributed by atoms with Gasteiger partial charge in [-0.05, 0) is 6.07 Å². The lowest BCUT2D eigenvalue weighted by atomic mass is 10.1. The fraction of sp³-hybridized carbons (Fsp3) is 0.125. The summed E-state index contributed by atoms with van der Waals surface area (Å²) in [5, 5.41) is 8.93. The molecule has 0 amide bonds. The molecule has 0 fully saturated rings. The molecule has 0 saturated carbocycles. The maximum absolute atomic E-state index is 12.6. The second-order valence-corrected chi connectivity index (χ2v) is 2.38. The Labute approximate surface area is 73.7 Å². The van der Waals surface area contributed by atoms with Gasteiger partial charge >= 0.3 is 5.97 Å². The molecule has 0 atom stereocenters. The van der Waals surface area contributed by atoms with Crippen LogP contribution in [0.5, 0.6) is 5.75 Å².